The molecule has 2 N–H and O–H groups in total. The number of amides is 1. The molecule has 0 atom stereocenters. The molecule has 1 heterocycles. The highest BCUT2D eigenvalue weighted by atomic mass is 32.2. The Labute approximate surface area is 184 Å². The number of carbonyl (C=O) groups excluding carboxylic acids is 1. The fourth-order valence-electron chi connectivity index (χ4n) is 3.59. The lowest BCUT2D eigenvalue weighted by Crippen LogP contribution is -2.32. The van der Waals surface area contributed by atoms with Gasteiger partial charge in [-0.25, -0.2) is 8.42 Å². The summed E-state index contributed by atoms with van der Waals surface area (Å²) in [7, 11) is -3.56. The molecule has 31 heavy (non-hydrogen) atoms. The second-order valence-electron chi connectivity index (χ2n) is 7.73. The van der Waals surface area contributed by atoms with Gasteiger partial charge in [0.05, 0.1) is 23.9 Å². The number of rotatable bonds is 7. The molecule has 1 fully saturated rings. The van der Waals surface area contributed by atoms with Crippen LogP contribution in [0.25, 0.3) is 0 Å². The third-order valence-corrected chi connectivity index (χ3v) is 7.39. The molecular formula is C23H28N4O3S. The molecule has 0 unspecified atom stereocenters. The first-order valence-corrected chi connectivity index (χ1v) is 11.9. The second-order valence-corrected chi connectivity index (χ2v) is 9.64. The van der Waals surface area contributed by atoms with Gasteiger partial charge in [-0.15, -0.1) is 0 Å². The molecule has 1 saturated heterocycles. The van der Waals surface area contributed by atoms with Crippen LogP contribution in [-0.2, 0) is 21.2 Å². The van der Waals surface area contributed by atoms with Crippen LogP contribution < -0.4 is 10.6 Å². The Morgan fingerprint density at radius 2 is 1.68 bits per heavy atom. The van der Waals surface area contributed by atoms with E-state index in [-0.39, 0.29) is 17.3 Å². The number of nitrogens with one attached hydrogen (secondary N) is 2. The van der Waals surface area contributed by atoms with E-state index in [1.165, 1.54) is 0 Å². The van der Waals surface area contributed by atoms with Crippen LogP contribution in [0.2, 0.25) is 0 Å². The summed E-state index contributed by atoms with van der Waals surface area (Å²) in [5, 5.41) is 14.5. The lowest BCUT2D eigenvalue weighted by Gasteiger charge is -2.21. The van der Waals surface area contributed by atoms with Crippen LogP contribution in [0.3, 0.4) is 0 Å². The number of aryl methyl sites for hydroxylation is 1. The van der Waals surface area contributed by atoms with Crippen LogP contribution in [0.4, 0.5) is 11.4 Å². The number of hydrogen-bond donors (Lipinski definition) is 2. The lowest BCUT2D eigenvalue weighted by molar-refractivity contribution is -0.114. The van der Waals surface area contributed by atoms with E-state index in [2.05, 4.69) is 16.7 Å². The maximum atomic E-state index is 13.2. The molecule has 0 aliphatic carbocycles. The van der Waals surface area contributed by atoms with Crippen LogP contribution >= 0.6 is 0 Å². The molecule has 1 aliphatic heterocycles. The van der Waals surface area contributed by atoms with E-state index in [9.17, 15) is 13.2 Å². The molecule has 0 aromatic heterocycles. The van der Waals surface area contributed by atoms with Crippen LogP contribution in [0.5, 0.6) is 0 Å². The van der Waals surface area contributed by atoms with Gasteiger partial charge >= 0.3 is 0 Å². The van der Waals surface area contributed by atoms with Crippen LogP contribution in [0, 0.1) is 18.3 Å². The van der Waals surface area contributed by atoms with Crippen LogP contribution in [-0.4, -0.2) is 38.3 Å². The minimum atomic E-state index is -3.56. The van der Waals surface area contributed by atoms with Gasteiger partial charge in [0.1, 0.15) is 0 Å². The van der Waals surface area contributed by atoms with Gasteiger partial charge in [0.25, 0.3) is 0 Å². The molecule has 0 radical (unpaired) electrons. The Balaban J connectivity index is 1.64. The van der Waals surface area contributed by atoms with Gasteiger partial charge in [-0.05, 0) is 55.2 Å². The molecule has 1 amide bonds. The summed E-state index contributed by atoms with van der Waals surface area (Å²) in [6.45, 7) is 2.90. The molecule has 2 aromatic rings. The predicted octanol–water partition coefficient (Wildman–Crippen LogP) is 3.68. The van der Waals surface area contributed by atoms with Crippen LogP contribution in [0.15, 0.2) is 47.4 Å². The van der Waals surface area contributed by atoms with Gasteiger partial charge in [-0.1, -0.05) is 31.0 Å². The number of nitrogens with zero attached hydrogens (tertiary/aromatic N) is 2. The number of nitriles is 1. The van der Waals surface area contributed by atoms with Crippen molar-refractivity contribution in [3.05, 3.63) is 53.6 Å². The quantitative estimate of drug-likeness (QED) is 0.684. The first kappa shape index (κ1) is 22.8. The fourth-order valence-corrected chi connectivity index (χ4v) is 5.36. The molecule has 2 aromatic carbocycles. The number of hydrogen-bond acceptors (Lipinski definition) is 5. The maximum absolute atomic E-state index is 13.2. The Hall–Kier alpha value is -2.89. The Kier molecular flexibility index (Phi) is 7.66. The Bertz CT molecular complexity index is 1050. The normalized spacial score (nSPS) is 15.0. The number of carbonyl (C=O) groups is 1. The van der Waals surface area contributed by atoms with Gasteiger partial charge in [-0.3, -0.25) is 4.79 Å². The zero-order chi connectivity index (χ0) is 22.3. The van der Waals surface area contributed by atoms with E-state index in [1.54, 1.807) is 53.7 Å². The van der Waals surface area contributed by atoms with Crippen LogP contribution in [0.1, 0.15) is 36.8 Å². The highest BCUT2D eigenvalue weighted by molar-refractivity contribution is 7.89. The largest absolute Gasteiger partial charge is 0.376 e. The Morgan fingerprint density at radius 3 is 2.32 bits per heavy atom. The highest BCUT2D eigenvalue weighted by Crippen LogP contribution is 2.25. The molecule has 7 nitrogen and oxygen atoms in total. The monoisotopic (exact) mass is 440 g/mol. The van der Waals surface area contributed by atoms with Gasteiger partial charge in [-0.2, -0.15) is 9.57 Å². The molecule has 1 aliphatic rings. The average Bonchev–Trinajstić information content (AvgIpc) is 3.05. The van der Waals surface area contributed by atoms with Crippen molar-refractivity contribution in [2.75, 3.05) is 30.3 Å². The van der Waals surface area contributed by atoms with Crippen molar-refractivity contribution in [1.82, 2.24) is 4.31 Å². The average molecular weight is 441 g/mol. The molecule has 3 rings (SSSR count). The first-order valence-electron chi connectivity index (χ1n) is 10.5. The van der Waals surface area contributed by atoms with Crippen molar-refractivity contribution in [3.8, 4) is 6.07 Å². The fraction of sp³-hybridized carbons (Fsp3) is 0.391. The molecule has 8 heteroatoms. The molecular weight excluding hydrogens is 412 g/mol. The number of benzene rings is 2. The zero-order valence-electron chi connectivity index (χ0n) is 17.7. The topological polar surface area (TPSA) is 102 Å². The van der Waals surface area contributed by atoms with E-state index in [4.69, 9.17) is 5.26 Å². The molecule has 0 saturated carbocycles. The van der Waals surface area contributed by atoms with E-state index in [0.29, 0.717) is 36.4 Å². The Morgan fingerprint density at radius 1 is 1.03 bits per heavy atom. The van der Waals surface area contributed by atoms with E-state index in [1.807, 2.05) is 0 Å². The smallest absolute Gasteiger partial charge is 0.243 e. The van der Waals surface area contributed by atoms with Crippen molar-refractivity contribution in [2.45, 2.75) is 43.9 Å². The summed E-state index contributed by atoms with van der Waals surface area (Å²) in [5.41, 5.74) is 2.80. The standard InChI is InChI=1S/C23H28N4O3S/c1-18-6-9-21(16-22(18)31(29,30)27-14-4-2-3-5-15-27)25-17-23(28)26-20-10-7-19(8-11-20)12-13-24/h6-11,16,25H,2-5,12,14-15,17H2,1H3,(H,26,28). The predicted molar refractivity (Wildman–Crippen MR) is 121 cm³/mol. The first-order chi connectivity index (χ1) is 14.9. The van der Waals surface area contributed by atoms with Crippen molar-refractivity contribution in [1.29, 1.82) is 5.26 Å². The summed E-state index contributed by atoms with van der Waals surface area (Å²) in [6, 6.07) is 14.3. The minimum absolute atomic E-state index is 0.00616. The van der Waals surface area contributed by atoms with Crippen molar-refractivity contribution in [3.63, 3.8) is 0 Å². The number of anilines is 2. The second kappa shape index (κ2) is 10.4. The minimum Gasteiger partial charge on any atom is -0.376 e. The van der Waals surface area contributed by atoms with Gasteiger partial charge in [0.15, 0.2) is 0 Å². The summed E-state index contributed by atoms with van der Waals surface area (Å²) >= 11 is 0. The molecule has 164 valence electrons. The van der Waals surface area contributed by atoms with E-state index >= 15 is 0 Å². The van der Waals surface area contributed by atoms with Crippen molar-refractivity contribution in [2.24, 2.45) is 0 Å². The summed E-state index contributed by atoms with van der Waals surface area (Å²) in [4.78, 5) is 12.6. The highest BCUT2D eigenvalue weighted by Gasteiger charge is 2.26. The third kappa shape index (κ3) is 6.06. The maximum Gasteiger partial charge on any atom is 0.243 e. The summed E-state index contributed by atoms with van der Waals surface area (Å²) < 4.78 is 27.9. The van der Waals surface area contributed by atoms with Gasteiger partial charge in [0.2, 0.25) is 15.9 Å². The van der Waals surface area contributed by atoms with Crippen molar-refractivity contribution < 1.29 is 13.2 Å². The lowest BCUT2D eigenvalue weighted by atomic mass is 10.1. The van der Waals surface area contributed by atoms with Crippen molar-refractivity contribution >= 4 is 27.3 Å². The summed E-state index contributed by atoms with van der Waals surface area (Å²) in [6.07, 6.45) is 4.21. The zero-order valence-corrected chi connectivity index (χ0v) is 18.5. The third-order valence-electron chi connectivity index (χ3n) is 5.34. The van der Waals surface area contributed by atoms with Gasteiger partial charge in [0, 0.05) is 24.5 Å². The van der Waals surface area contributed by atoms with E-state index < -0.39 is 10.0 Å². The molecule has 0 bridgehead atoms. The number of sulfonamides is 1. The summed E-state index contributed by atoms with van der Waals surface area (Å²) in [5.74, 6) is -0.245. The van der Waals surface area contributed by atoms with E-state index in [0.717, 1.165) is 31.2 Å². The molecule has 0 spiro atoms. The SMILES string of the molecule is Cc1ccc(NCC(=O)Nc2ccc(CC#N)cc2)cc1S(=O)(=O)N1CCCCCC1. The van der Waals surface area contributed by atoms with Gasteiger partial charge < -0.3 is 10.6 Å².